The van der Waals surface area contributed by atoms with Crippen molar-refractivity contribution < 1.29 is 9.50 Å². The van der Waals surface area contributed by atoms with Crippen molar-refractivity contribution in [3.63, 3.8) is 0 Å². The van der Waals surface area contributed by atoms with Gasteiger partial charge in [0.05, 0.1) is 0 Å². The molecule has 1 N–H and O–H groups in total. The van der Waals surface area contributed by atoms with Crippen LogP contribution in [0.4, 0.5) is 4.39 Å². The third-order valence-corrected chi connectivity index (χ3v) is 3.84. The lowest BCUT2D eigenvalue weighted by atomic mass is 10.1. The van der Waals surface area contributed by atoms with Crippen LogP contribution >= 0.6 is 11.8 Å². The quantitative estimate of drug-likeness (QED) is 0.830. The number of halogens is 1. The minimum absolute atomic E-state index is 0.201. The molecule has 3 heteroatoms. The molecule has 1 aromatic rings. The molecule has 92 valence electrons. The van der Waals surface area contributed by atoms with Crippen LogP contribution in [0.5, 0.6) is 0 Å². The standard InChI is InChI=1S/C14H17FOS/c1-3-11(2)17-10-13-7-6-12(5-4-8-16)9-14(13)15/h6-7,9,11,16H,3,8,10H2,1-2H3. The maximum Gasteiger partial charge on any atom is 0.128 e. The second-order valence-corrected chi connectivity index (χ2v) is 5.22. The van der Waals surface area contributed by atoms with Crippen LogP contribution in [0, 0.1) is 17.7 Å². The van der Waals surface area contributed by atoms with E-state index in [0.29, 0.717) is 22.1 Å². The van der Waals surface area contributed by atoms with Crippen LogP contribution in [0.25, 0.3) is 0 Å². The second-order valence-electron chi connectivity index (χ2n) is 3.80. The van der Waals surface area contributed by atoms with Gasteiger partial charge in [0.15, 0.2) is 0 Å². The molecule has 1 nitrogen and oxygen atoms in total. The molecule has 0 bridgehead atoms. The topological polar surface area (TPSA) is 20.2 Å². The maximum atomic E-state index is 13.7. The molecule has 0 aliphatic heterocycles. The monoisotopic (exact) mass is 252 g/mol. The Hall–Kier alpha value is -0.980. The maximum absolute atomic E-state index is 13.7. The van der Waals surface area contributed by atoms with Crippen LogP contribution in [0.15, 0.2) is 18.2 Å². The van der Waals surface area contributed by atoms with E-state index in [1.807, 2.05) is 0 Å². The van der Waals surface area contributed by atoms with E-state index >= 15 is 0 Å². The van der Waals surface area contributed by atoms with E-state index in [1.165, 1.54) is 6.07 Å². The lowest BCUT2D eigenvalue weighted by Gasteiger charge is -2.08. The molecule has 0 saturated carbocycles. The summed E-state index contributed by atoms with van der Waals surface area (Å²) in [5, 5.41) is 9.10. The van der Waals surface area contributed by atoms with E-state index in [4.69, 9.17) is 5.11 Å². The highest BCUT2D eigenvalue weighted by Crippen LogP contribution is 2.22. The smallest absolute Gasteiger partial charge is 0.128 e. The molecule has 1 aromatic carbocycles. The highest BCUT2D eigenvalue weighted by molar-refractivity contribution is 7.99. The fourth-order valence-corrected chi connectivity index (χ4v) is 2.17. The van der Waals surface area contributed by atoms with Gasteiger partial charge >= 0.3 is 0 Å². The molecule has 0 aliphatic carbocycles. The Morgan fingerprint density at radius 1 is 1.47 bits per heavy atom. The molecule has 0 fully saturated rings. The van der Waals surface area contributed by atoms with Crippen LogP contribution in [-0.2, 0) is 5.75 Å². The van der Waals surface area contributed by atoms with Gasteiger partial charge in [-0.1, -0.05) is 31.8 Å². The molecule has 0 spiro atoms. The Morgan fingerprint density at radius 3 is 2.82 bits per heavy atom. The van der Waals surface area contributed by atoms with Crippen molar-refractivity contribution in [3.8, 4) is 11.8 Å². The number of aliphatic hydroxyl groups is 1. The lowest BCUT2D eigenvalue weighted by Crippen LogP contribution is -1.96. The van der Waals surface area contributed by atoms with Crippen molar-refractivity contribution >= 4 is 11.8 Å². The number of benzene rings is 1. The third kappa shape index (κ3) is 4.80. The van der Waals surface area contributed by atoms with E-state index in [1.54, 1.807) is 23.9 Å². The molecule has 0 saturated heterocycles. The summed E-state index contributed by atoms with van der Waals surface area (Å²) in [4.78, 5) is 0. The van der Waals surface area contributed by atoms with Gasteiger partial charge in [-0.05, 0) is 24.1 Å². The zero-order valence-corrected chi connectivity index (χ0v) is 11.0. The van der Waals surface area contributed by atoms with Crippen LogP contribution in [0.3, 0.4) is 0 Å². The first-order valence-corrected chi connectivity index (χ1v) is 6.72. The van der Waals surface area contributed by atoms with Gasteiger partial charge in [0, 0.05) is 16.6 Å². The number of rotatable bonds is 4. The Labute approximate surface area is 106 Å². The Kier molecular flexibility index (Phi) is 6.10. The molecule has 0 aliphatic rings. The van der Waals surface area contributed by atoms with Crippen molar-refractivity contribution in [2.45, 2.75) is 31.3 Å². The summed E-state index contributed by atoms with van der Waals surface area (Å²) in [6.07, 6.45) is 1.09. The highest BCUT2D eigenvalue weighted by atomic mass is 32.2. The normalized spacial score (nSPS) is 11.8. The van der Waals surface area contributed by atoms with E-state index in [-0.39, 0.29) is 12.4 Å². The summed E-state index contributed by atoms with van der Waals surface area (Å²) in [5.74, 6) is 5.67. The van der Waals surface area contributed by atoms with E-state index in [2.05, 4.69) is 25.7 Å². The van der Waals surface area contributed by atoms with Crippen molar-refractivity contribution in [3.05, 3.63) is 35.1 Å². The van der Waals surface area contributed by atoms with Gasteiger partial charge < -0.3 is 5.11 Å². The largest absolute Gasteiger partial charge is 0.384 e. The van der Waals surface area contributed by atoms with Gasteiger partial charge in [-0.2, -0.15) is 11.8 Å². The summed E-state index contributed by atoms with van der Waals surface area (Å²) in [5.41, 5.74) is 1.32. The van der Waals surface area contributed by atoms with Gasteiger partial charge in [-0.25, -0.2) is 4.39 Å². The second kappa shape index (κ2) is 7.37. The number of aliphatic hydroxyl groups excluding tert-OH is 1. The lowest BCUT2D eigenvalue weighted by molar-refractivity contribution is 0.350. The summed E-state index contributed by atoms with van der Waals surface area (Å²) in [7, 11) is 0. The third-order valence-electron chi connectivity index (χ3n) is 2.46. The fraction of sp³-hybridized carbons (Fsp3) is 0.429. The highest BCUT2D eigenvalue weighted by Gasteiger charge is 2.05. The zero-order chi connectivity index (χ0) is 12.7. The molecular weight excluding hydrogens is 235 g/mol. The first-order chi connectivity index (χ1) is 8.17. The van der Waals surface area contributed by atoms with Crippen LogP contribution in [0.2, 0.25) is 0 Å². The van der Waals surface area contributed by atoms with E-state index in [0.717, 1.165) is 6.42 Å². The number of thioether (sulfide) groups is 1. The van der Waals surface area contributed by atoms with Gasteiger partial charge in [-0.3, -0.25) is 0 Å². The molecular formula is C14H17FOS. The van der Waals surface area contributed by atoms with Gasteiger partial charge in [0.1, 0.15) is 12.4 Å². The minimum atomic E-state index is -0.217. The minimum Gasteiger partial charge on any atom is -0.384 e. The summed E-state index contributed by atoms with van der Waals surface area (Å²) >= 11 is 1.75. The molecule has 1 atom stereocenters. The van der Waals surface area contributed by atoms with E-state index < -0.39 is 0 Å². The number of hydrogen-bond donors (Lipinski definition) is 1. The first-order valence-electron chi connectivity index (χ1n) is 5.67. The van der Waals surface area contributed by atoms with Crippen molar-refractivity contribution in [2.75, 3.05) is 6.61 Å². The predicted octanol–water partition coefficient (Wildman–Crippen LogP) is 3.20. The SMILES string of the molecule is CCC(C)SCc1ccc(C#CCO)cc1F. The van der Waals surface area contributed by atoms with Crippen molar-refractivity contribution in [1.82, 2.24) is 0 Å². The molecule has 0 aromatic heterocycles. The zero-order valence-electron chi connectivity index (χ0n) is 10.2. The molecule has 0 amide bonds. The summed E-state index contributed by atoms with van der Waals surface area (Å²) in [6.45, 7) is 4.07. The van der Waals surface area contributed by atoms with E-state index in [9.17, 15) is 4.39 Å². The average Bonchev–Trinajstić information content (AvgIpc) is 2.34. The summed E-state index contributed by atoms with van der Waals surface area (Å²) in [6, 6.07) is 4.99. The molecule has 0 heterocycles. The van der Waals surface area contributed by atoms with Crippen LogP contribution in [-0.4, -0.2) is 17.0 Å². The molecule has 1 unspecified atom stereocenters. The average molecular weight is 252 g/mol. The molecule has 1 rings (SSSR count). The van der Waals surface area contributed by atoms with Crippen LogP contribution in [0.1, 0.15) is 31.4 Å². The molecule has 17 heavy (non-hydrogen) atoms. The van der Waals surface area contributed by atoms with Crippen LogP contribution < -0.4 is 0 Å². The summed E-state index contributed by atoms with van der Waals surface area (Å²) < 4.78 is 13.7. The Bertz CT molecular complexity index is 420. The molecule has 0 radical (unpaired) electrons. The fourth-order valence-electron chi connectivity index (χ4n) is 1.23. The van der Waals surface area contributed by atoms with Gasteiger partial charge in [0.25, 0.3) is 0 Å². The first kappa shape index (κ1) is 14.1. The van der Waals surface area contributed by atoms with Crippen molar-refractivity contribution in [1.29, 1.82) is 0 Å². The Balaban J connectivity index is 2.69. The van der Waals surface area contributed by atoms with Gasteiger partial charge in [0.2, 0.25) is 0 Å². The van der Waals surface area contributed by atoms with Gasteiger partial charge in [-0.15, -0.1) is 0 Å². The predicted molar refractivity (Wildman–Crippen MR) is 71.4 cm³/mol. The Morgan fingerprint density at radius 2 is 2.24 bits per heavy atom. The number of hydrogen-bond acceptors (Lipinski definition) is 2. The van der Waals surface area contributed by atoms with Crippen molar-refractivity contribution in [2.24, 2.45) is 0 Å².